The van der Waals surface area contributed by atoms with Crippen LogP contribution in [0.5, 0.6) is 0 Å². The fraction of sp³-hybridized carbons (Fsp3) is 0.857. The number of rotatable bonds is 40. The van der Waals surface area contributed by atoms with E-state index in [1.807, 2.05) is 6.08 Å². The summed E-state index contributed by atoms with van der Waals surface area (Å²) in [4.78, 5) is 13.0. The number of amides is 1. The van der Waals surface area contributed by atoms with Crippen molar-refractivity contribution in [2.75, 3.05) is 13.2 Å². The first-order chi connectivity index (χ1) is 28.3. The molecular weight excluding hydrogens is 731 g/mol. The van der Waals surface area contributed by atoms with Crippen LogP contribution in [-0.4, -0.2) is 87.5 Å². The Balaban J connectivity index is 2.29. The van der Waals surface area contributed by atoms with Crippen molar-refractivity contribution in [2.24, 2.45) is 0 Å². The minimum absolute atomic E-state index is 0.178. The molecule has 1 aliphatic rings. The van der Waals surface area contributed by atoms with Crippen LogP contribution in [0.2, 0.25) is 0 Å². The molecule has 0 bridgehead atoms. The molecule has 1 rings (SSSR count). The summed E-state index contributed by atoms with van der Waals surface area (Å²) in [7, 11) is 0. The highest BCUT2D eigenvalue weighted by molar-refractivity contribution is 5.76. The zero-order valence-electron chi connectivity index (χ0n) is 37.3. The highest BCUT2D eigenvalue weighted by Crippen LogP contribution is 2.23. The number of aliphatic hydroxyl groups excluding tert-OH is 5. The standard InChI is InChI=1S/C49H91NO8/c1-3-5-7-9-11-13-15-17-19-20-21-22-23-24-25-27-29-31-33-35-37-39-45(53)50-42(41-57-49-48(56)47(55)46(54)44(40-51)58-49)43(52)38-36-34-32-30-28-26-18-16-14-12-10-8-6-4-2/h5,7,11,13,36,38,42-44,46-49,51-52,54-56H,3-4,6,8-10,12,14-35,37,39-41H2,1-2H3,(H,50,53)/b7-5-,13-11-,38-36+. The van der Waals surface area contributed by atoms with E-state index in [9.17, 15) is 30.3 Å². The van der Waals surface area contributed by atoms with Crippen molar-refractivity contribution in [3.8, 4) is 0 Å². The minimum Gasteiger partial charge on any atom is -0.394 e. The Morgan fingerprint density at radius 1 is 0.603 bits per heavy atom. The number of carbonyl (C=O) groups excluding carboxylic acids is 1. The average Bonchev–Trinajstić information content (AvgIpc) is 3.22. The summed E-state index contributed by atoms with van der Waals surface area (Å²) in [6.45, 7) is 3.67. The van der Waals surface area contributed by atoms with E-state index < -0.39 is 49.5 Å². The minimum atomic E-state index is -1.56. The molecule has 0 aliphatic carbocycles. The normalized spacial score (nSPS) is 21.1. The number of hydrogen-bond donors (Lipinski definition) is 6. The molecule has 6 N–H and O–H groups in total. The third kappa shape index (κ3) is 29.6. The smallest absolute Gasteiger partial charge is 0.220 e. The highest BCUT2D eigenvalue weighted by atomic mass is 16.7. The van der Waals surface area contributed by atoms with Gasteiger partial charge in [0.15, 0.2) is 6.29 Å². The lowest BCUT2D eigenvalue weighted by molar-refractivity contribution is -0.302. The molecule has 1 saturated heterocycles. The van der Waals surface area contributed by atoms with E-state index in [4.69, 9.17) is 9.47 Å². The Labute approximate surface area is 355 Å². The first kappa shape index (κ1) is 54.4. The van der Waals surface area contributed by atoms with Gasteiger partial charge >= 0.3 is 0 Å². The summed E-state index contributed by atoms with van der Waals surface area (Å²) in [5.41, 5.74) is 0. The Morgan fingerprint density at radius 2 is 1.07 bits per heavy atom. The molecule has 0 aromatic rings. The maximum Gasteiger partial charge on any atom is 0.220 e. The number of unbranched alkanes of at least 4 members (excludes halogenated alkanes) is 26. The molecule has 7 atom stereocenters. The van der Waals surface area contributed by atoms with Crippen molar-refractivity contribution in [3.63, 3.8) is 0 Å². The lowest BCUT2D eigenvalue weighted by Crippen LogP contribution is -2.60. The summed E-state index contributed by atoms with van der Waals surface area (Å²) in [5, 5.41) is 54.2. The molecule has 9 nitrogen and oxygen atoms in total. The fourth-order valence-electron chi connectivity index (χ4n) is 7.61. The zero-order chi connectivity index (χ0) is 42.3. The van der Waals surface area contributed by atoms with Gasteiger partial charge in [0.25, 0.3) is 0 Å². The molecule has 58 heavy (non-hydrogen) atoms. The van der Waals surface area contributed by atoms with Gasteiger partial charge in [-0.25, -0.2) is 0 Å². The maximum absolute atomic E-state index is 13.0. The van der Waals surface area contributed by atoms with Gasteiger partial charge in [0.1, 0.15) is 24.4 Å². The molecule has 1 heterocycles. The van der Waals surface area contributed by atoms with Crippen molar-refractivity contribution in [3.05, 3.63) is 36.5 Å². The molecule has 9 heteroatoms. The topological polar surface area (TPSA) is 149 Å². The molecule has 0 aromatic heterocycles. The Bertz CT molecular complexity index is 1000. The third-order valence-electron chi connectivity index (χ3n) is 11.5. The van der Waals surface area contributed by atoms with Gasteiger partial charge in [-0.05, 0) is 44.9 Å². The van der Waals surface area contributed by atoms with Gasteiger partial charge in [0, 0.05) is 6.42 Å². The van der Waals surface area contributed by atoms with Crippen LogP contribution in [0.3, 0.4) is 0 Å². The van der Waals surface area contributed by atoms with E-state index in [0.717, 1.165) is 51.4 Å². The molecular formula is C49H91NO8. The summed E-state index contributed by atoms with van der Waals surface area (Å²) in [6, 6.07) is -0.802. The van der Waals surface area contributed by atoms with E-state index in [0.29, 0.717) is 6.42 Å². The SMILES string of the molecule is CC/C=C\C/C=C\CCCCCCCCCCCCCCCCC(=O)NC(COC1OC(CO)C(O)C(O)C1O)C(O)/C=C/CCCCCCCCCCCCCC. The van der Waals surface area contributed by atoms with E-state index in [-0.39, 0.29) is 12.5 Å². The average molecular weight is 822 g/mol. The van der Waals surface area contributed by atoms with Crippen LogP contribution < -0.4 is 5.32 Å². The van der Waals surface area contributed by atoms with Crippen LogP contribution in [-0.2, 0) is 14.3 Å². The second kappa shape index (κ2) is 39.5. The lowest BCUT2D eigenvalue weighted by Gasteiger charge is -2.40. The van der Waals surface area contributed by atoms with Gasteiger partial charge < -0.3 is 40.3 Å². The fourth-order valence-corrected chi connectivity index (χ4v) is 7.61. The Kier molecular flexibility index (Phi) is 37.1. The molecule has 0 saturated carbocycles. The van der Waals surface area contributed by atoms with E-state index in [1.165, 1.54) is 141 Å². The molecule has 7 unspecified atom stereocenters. The summed E-state index contributed by atoms with van der Waals surface area (Å²) >= 11 is 0. The molecule has 0 aromatic carbocycles. The largest absolute Gasteiger partial charge is 0.394 e. The molecule has 0 spiro atoms. The van der Waals surface area contributed by atoms with Crippen molar-refractivity contribution >= 4 is 5.91 Å². The van der Waals surface area contributed by atoms with Crippen molar-refractivity contribution in [1.82, 2.24) is 5.32 Å². The molecule has 1 aliphatic heterocycles. The van der Waals surface area contributed by atoms with Crippen LogP contribution in [0.15, 0.2) is 36.5 Å². The van der Waals surface area contributed by atoms with Crippen LogP contribution in [0.1, 0.15) is 213 Å². The highest BCUT2D eigenvalue weighted by Gasteiger charge is 2.44. The van der Waals surface area contributed by atoms with E-state index in [2.05, 4.69) is 43.5 Å². The predicted octanol–water partition coefficient (Wildman–Crippen LogP) is 10.5. The number of allylic oxidation sites excluding steroid dienone is 5. The van der Waals surface area contributed by atoms with Gasteiger partial charge in [-0.1, -0.05) is 198 Å². The van der Waals surface area contributed by atoms with E-state index >= 15 is 0 Å². The first-order valence-electron chi connectivity index (χ1n) is 24.2. The summed E-state index contributed by atoms with van der Waals surface area (Å²) < 4.78 is 11.2. The number of hydrogen-bond acceptors (Lipinski definition) is 8. The number of nitrogens with one attached hydrogen (secondary N) is 1. The second-order valence-electron chi connectivity index (χ2n) is 16.9. The van der Waals surface area contributed by atoms with E-state index in [1.54, 1.807) is 6.08 Å². The summed E-state index contributed by atoms with van der Waals surface area (Å²) in [6.07, 6.45) is 41.9. The van der Waals surface area contributed by atoms with Gasteiger partial charge in [-0.2, -0.15) is 0 Å². The number of aliphatic hydroxyl groups is 5. The predicted molar refractivity (Wildman–Crippen MR) is 240 cm³/mol. The van der Waals surface area contributed by atoms with Crippen LogP contribution in [0.25, 0.3) is 0 Å². The first-order valence-corrected chi connectivity index (χ1v) is 24.2. The molecule has 1 fully saturated rings. The number of carbonyl (C=O) groups is 1. The molecule has 340 valence electrons. The third-order valence-corrected chi connectivity index (χ3v) is 11.5. The Hall–Kier alpha value is -1.59. The van der Waals surface area contributed by atoms with Crippen LogP contribution in [0.4, 0.5) is 0 Å². The lowest BCUT2D eigenvalue weighted by atomic mass is 9.99. The van der Waals surface area contributed by atoms with Crippen LogP contribution in [0, 0.1) is 0 Å². The van der Waals surface area contributed by atoms with Crippen molar-refractivity contribution in [1.29, 1.82) is 0 Å². The maximum atomic E-state index is 13.0. The van der Waals surface area contributed by atoms with Gasteiger partial charge in [0.2, 0.25) is 5.91 Å². The van der Waals surface area contributed by atoms with Crippen molar-refractivity contribution in [2.45, 2.75) is 256 Å². The zero-order valence-corrected chi connectivity index (χ0v) is 37.3. The molecule has 1 amide bonds. The number of ether oxygens (including phenoxy) is 2. The van der Waals surface area contributed by atoms with Crippen molar-refractivity contribution < 1.29 is 39.8 Å². The van der Waals surface area contributed by atoms with Gasteiger partial charge in [-0.3, -0.25) is 4.79 Å². The quantitative estimate of drug-likeness (QED) is 0.0264. The van der Waals surface area contributed by atoms with Crippen LogP contribution >= 0.6 is 0 Å². The monoisotopic (exact) mass is 822 g/mol. The van der Waals surface area contributed by atoms with Gasteiger partial charge in [0.05, 0.1) is 25.4 Å². The summed E-state index contributed by atoms with van der Waals surface area (Å²) in [5.74, 6) is -0.178. The molecule has 0 radical (unpaired) electrons. The van der Waals surface area contributed by atoms with Gasteiger partial charge in [-0.15, -0.1) is 0 Å². The second-order valence-corrected chi connectivity index (χ2v) is 16.9. The Morgan fingerprint density at radius 3 is 1.57 bits per heavy atom.